The minimum atomic E-state index is -0.646. The van der Waals surface area contributed by atoms with Gasteiger partial charge in [0.1, 0.15) is 6.04 Å². The van der Waals surface area contributed by atoms with Crippen LogP contribution in [0.1, 0.15) is 16.8 Å². The summed E-state index contributed by atoms with van der Waals surface area (Å²) in [4.78, 5) is 35.4. The number of likely N-dealkylation sites (N-methyl/N-ethyl adjacent to an activating group) is 1. The molecule has 0 aliphatic carbocycles. The second kappa shape index (κ2) is 4.60. The highest BCUT2D eigenvalue weighted by atomic mass is 16.2. The molecule has 1 aliphatic rings. The lowest BCUT2D eigenvalue weighted by atomic mass is 10.1. The number of nitrogens with two attached hydrogens (primary N) is 2. The van der Waals surface area contributed by atoms with Gasteiger partial charge in [0.2, 0.25) is 5.91 Å². The number of likely N-dealkylation sites (tertiary alicyclic amines) is 1. The third-order valence-corrected chi connectivity index (χ3v) is 3.04. The first-order valence-corrected chi connectivity index (χ1v) is 5.66. The Morgan fingerprint density at radius 3 is 2.63 bits per heavy atom. The standard InChI is InChI=1S/C12H14N4O3/c1-16-10(17)5-9(12(16)19)15-6-2-3-8(13)7(4-6)11(14)18/h2-4,9,15H,5,13H2,1H3,(H2,14,18). The van der Waals surface area contributed by atoms with Crippen molar-refractivity contribution in [2.75, 3.05) is 18.1 Å². The van der Waals surface area contributed by atoms with Crippen molar-refractivity contribution in [1.82, 2.24) is 4.90 Å². The van der Waals surface area contributed by atoms with Crippen LogP contribution in [-0.2, 0) is 9.59 Å². The number of anilines is 2. The van der Waals surface area contributed by atoms with Gasteiger partial charge in [0.15, 0.2) is 0 Å². The smallest absolute Gasteiger partial charge is 0.251 e. The Morgan fingerprint density at radius 1 is 1.42 bits per heavy atom. The van der Waals surface area contributed by atoms with E-state index in [1.54, 1.807) is 6.07 Å². The van der Waals surface area contributed by atoms with Gasteiger partial charge in [-0.05, 0) is 18.2 Å². The molecule has 1 heterocycles. The van der Waals surface area contributed by atoms with Crippen LogP contribution in [0.15, 0.2) is 18.2 Å². The second-order valence-corrected chi connectivity index (χ2v) is 4.36. The highest BCUT2D eigenvalue weighted by Crippen LogP contribution is 2.21. The van der Waals surface area contributed by atoms with Crippen LogP contribution in [0.4, 0.5) is 11.4 Å². The van der Waals surface area contributed by atoms with E-state index in [4.69, 9.17) is 11.5 Å². The van der Waals surface area contributed by atoms with Crippen molar-refractivity contribution in [1.29, 1.82) is 0 Å². The van der Waals surface area contributed by atoms with E-state index in [2.05, 4.69) is 5.32 Å². The molecule has 0 radical (unpaired) electrons. The Bertz CT molecular complexity index is 570. The van der Waals surface area contributed by atoms with Crippen molar-refractivity contribution < 1.29 is 14.4 Å². The number of nitrogens with one attached hydrogen (secondary N) is 1. The molecule has 1 atom stereocenters. The molecular weight excluding hydrogens is 248 g/mol. The Morgan fingerprint density at radius 2 is 2.11 bits per heavy atom. The molecule has 19 heavy (non-hydrogen) atoms. The van der Waals surface area contributed by atoms with Gasteiger partial charge in [0, 0.05) is 18.4 Å². The lowest BCUT2D eigenvalue weighted by molar-refractivity contribution is -0.136. The molecule has 100 valence electrons. The molecule has 1 saturated heterocycles. The molecule has 5 N–H and O–H groups in total. The highest BCUT2D eigenvalue weighted by molar-refractivity contribution is 6.06. The molecular formula is C12H14N4O3. The molecule has 7 nitrogen and oxygen atoms in total. The van der Waals surface area contributed by atoms with Crippen LogP contribution in [0.5, 0.6) is 0 Å². The second-order valence-electron chi connectivity index (χ2n) is 4.36. The summed E-state index contributed by atoms with van der Waals surface area (Å²) in [7, 11) is 1.43. The number of amides is 3. The van der Waals surface area contributed by atoms with Gasteiger partial charge in [0.25, 0.3) is 11.8 Å². The molecule has 1 aromatic carbocycles. The lowest BCUT2D eigenvalue weighted by Crippen LogP contribution is -2.31. The average Bonchev–Trinajstić information content (AvgIpc) is 2.59. The zero-order valence-corrected chi connectivity index (χ0v) is 10.3. The molecule has 0 bridgehead atoms. The van der Waals surface area contributed by atoms with Crippen molar-refractivity contribution in [3.8, 4) is 0 Å². The average molecular weight is 262 g/mol. The molecule has 0 saturated carbocycles. The zero-order chi connectivity index (χ0) is 14.2. The number of rotatable bonds is 3. The minimum Gasteiger partial charge on any atom is -0.398 e. The zero-order valence-electron chi connectivity index (χ0n) is 10.3. The van der Waals surface area contributed by atoms with Crippen LogP contribution in [0.2, 0.25) is 0 Å². The van der Waals surface area contributed by atoms with Crippen molar-refractivity contribution in [2.24, 2.45) is 5.73 Å². The predicted octanol–water partition coefficient (Wildman–Crippen LogP) is -0.463. The number of carbonyl (C=O) groups is 3. The fourth-order valence-corrected chi connectivity index (χ4v) is 1.93. The van der Waals surface area contributed by atoms with Crippen LogP contribution >= 0.6 is 0 Å². The Balaban J connectivity index is 2.21. The van der Waals surface area contributed by atoms with Gasteiger partial charge in [-0.15, -0.1) is 0 Å². The lowest BCUT2D eigenvalue weighted by Gasteiger charge is -2.13. The summed E-state index contributed by atoms with van der Waals surface area (Å²) in [5, 5.41) is 2.90. The number of hydrogen-bond acceptors (Lipinski definition) is 5. The van der Waals surface area contributed by atoms with Gasteiger partial charge >= 0.3 is 0 Å². The maximum absolute atomic E-state index is 11.7. The molecule has 0 aromatic heterocycles. The summed E-state index contributed by atoms with van der Waals surface area (Å²) in [6.45, 7) is 0. The van der Waals surface area contributed by atoms with E-state index in [-0.39, 0.29) is 29.5 Å². The van der Waals surface area contributed by atoms with Crippen LogP contribution in [-0.4, -0.2) is 35.7 Å². The van der Waals surface area contributed by atoms with Crippen molar-refractivity contribution in [2.45, 2.75) is 12.5 Å². The van der Waals surface area contributed by atoms with Crippen molar-refractivity contribution in [3.63, 3.8) is 0 Å². The molecule has 0 spiro atoms. The number of benzene rings is 1. The summed E-state index contributed by atoms with van der Waals surface area (Å²) in [6, 6.07) is 3.99. The summed E-state index contributed by atoms with van der Waals surface area (Å²) in [6.07, 6.45) is 0.0889. The minimum absolute atomic E-state index is 0.0889. The fraction of sp³-hybridized carbons (Fsp3) is 0.250. The Labute approximate surface area is 109 Å². The summed E-state index contributed by atoms with van der Waals surface area (Å²) in [5.74, 6) is -1.19. The number of hydrogen-bond donors (Lipinski definition) is 3. The maximum Gasteiger partial charge on any atom is 0.251 e. The van der Waals surface area contributed by atoms with Gasteiger partial charge < -0.3 is 16.8 Å². The molecule has 1 aliphatic heterocycles. The number of nitrogen functional groups attached to an aromatic ring is 1. The first-order chi connectivity index (χ1) is 8.90. The summed E-state index contributed by atoms with van der Waals surface area (Å²) in [5.41, 5.74) is 11.8. The quantitative estimate of drug-likeness (QED) is 0.503. The third kappa shape index (κ3) is 2.35. The van der Waals surface area contributed by atoms with Crippen LogP contribution in [0, 0.1) is 0 Å². The van der Waals surface area contributed by atoms with Gasteiger partial charge in [-0.3, -0.25) is 19.3 Å². The van der Waals surface area contributed by atoms with Crippen molar-refractivity contribution in [3.05, 3.63) is 23.8 Å². The van der Waals surface area contributed by atoms with Gasteiger partial charge in [-0.1, -0.05) is 0 Å². The number of carbonyl (C=O) groups excluding carboxylic acids is 3. The van der Waals surface area contributed by atoms with Crippen LogP contribution in [0.25, 0.3) is 0 Å². The topological polar surface area (TPSA) is 119 Å². The van der Waals surface area contributed by atoms with E-state index in [9.17, 15) is 14.4 Å². The number of nitrogens with zero attached hydrogens (tertiary/aromatic N) is 1. The monoisotopic (exact) mass is 262 g/mol. The molecule has 3 amide bonds. The van der Waals surface area contributed by atoms with Gasteiger partial charge in [0.05, 0.1) is 12.0 Å². The predicted molar refractivity (Wildman–Crippen MR) is 69.2 cm³/mol. The maximum atomic E-state index is 11.7. The van der Waals surface area contributed by atoms with E-state index in [0.717, 1.165) is 4.90 Å². The van der Waals surface area contributed by atoms with Crippen LogP contribution < -0.4 is 16.8 Å². The number of imide groups is 1. The van der Waals surface area contributed by atoms with E-state index < -0.39 is 11.9 Å². The third-order valence-electron chi connectivity index (χ3n) is 3.04. The Kier molecular flexibility index (Phi) is 3.12. The van der Waals surface area contributed by atoms with Gasteiger partial charge in [-0.25, -0.2) is 0 Å². The molecule has 1 fully saturated rings. The normalized spacial score (nSPS) is 18.8. The highest BCUT2D eigenvalue weighted by Gasteiger charge is 2.35. The largest absolute Gasteiger partial charge is 0.398 e. The fourth-order valence-electron chi connectivity index (χ4n) is 1.93. The Hall–Kier alpha value is -2.57. The summed E-state index contributed by atoms with van der Waals surface area (Å²) >= 11 is 0. The van der Waals surface area contributed by atoms with E-state index in [1.807, 2.05) is 0 Å². The SMILES string of the molecule is CN1C(=O)CC(Nc2ccc(N)c(C(N)=O)c2)C1=O. The van der Waals surface area contributed by atoms with Crippen LogP contribution in [0.3, 0.4) is 0 Å². The molecule has 1 aromatic rings. The van der Waals surface area contributed by atoms with Gasteiger partial charge in [-0.2, -0.15) is 0 Å². The molecule has 2 rings (SSSR count). The van der Waals surface area contributed by atoms with E-state index in [0.29, 0.717) is 5.69 Å². The van der Waals surface area contributed by atoms with E-state index in [1.165, 1.54) is 19.2 Å². The molecule has 1 unspecified atom stereocenters. The first kappa shape index (κ1) is 12.9. The number of primary amides is 1. The van der Waals surface area contributed by atoms with Crippen molar-refractivity contribution >= 4 is 29.1 Å². The molecule has 7 heteroatoms. The summed E-state index contributed by atoms with van der Waals surface area (Å²) < 4.78 is 0. The first-order valence-electron chi connectivity index (χ1n) is 5.66. The van der Waals surface area contributed by atoms with E-state index >= 15 is 0 Å².